The first-order valence-corrected chi connectivity index (χ1v) is 8.57. The van der Waals surface area contributed by atoms with E-state index in [-0.39, 0.29) is 11.9 Å². The molecule has 0 fully saturated rings. The molecule has 0 unspecified atom stereocenters. The van der Waals surface area contributed by atoms with Crippen LogP contribution in [0.5, 0.6) is 0 Å². The fourth-order valence-electron chi connectivity index (χ4n) is 3.03. The van der Waals surface area contributed by atoms with E-state index in [1.54, 1.807) is 0 Å². The molecule has 0 spiro atoms. The maximum Gasteiger partial charge on any atom is 0.227 e. The molecule has 0 aliphatic heterocycles. The Morgan fingerprint density at radius 2 is 1.79 bits per heavy atom. The van der Waals surface area contributed by atoms with Gasteiger partial charge in [-0.25, -0.2) is 0 Å². The number of rotatable bonds is 6. The second-order valence-corrected chi connectivity index (χ2v) is 6.30. The summed E-state index contributed by atoms with van der Waals surface area (Å²) in [5.41, 5.74) is 3.32. The van der Waals surface area contributed by atoms with Crippen molar-refractivity contribution in [2.24, 2.45) is 0 Å². The van der Waals surface area contributed by atoms with Crippen LogP contribution < -0.4 is 0 Å². The van der Waals surface area contributed by atoms with E-state index in [1.807, 2.05) is 47.5 Å². The Morgan fingerprint density at radius 1 is 1.08 bits per heavy atom. The van der Waals surface area contributed by atoms with Crippen molar-refractivity contribution in [1.82, 2.24) is 9.88 Å². The Morgan fingerprint density at radius 3 is 2.54 bits per heavy atom. The maximum atomic E-state index is 13.0. The number of H-pyrrole nitrogens is 1. The molecule has 1 aromatic heterocycles. The van der Waals surface area contributed by atoms with Gasteiger partial charge in [-0.15, -0.1) is 0 Å². The molecule has 0 radical (unpaired) electrons. The molecule has 24 heavy (non-hydrogen) atoms. The highest BCUT2D eigenvalue weighted by atomic mass is 16.2. The van der Waals surface area contributed by atoms with Crippen LogP contribution in [-0.4, -0.2) is 21.8 Å². The summed E-state index contributed by atoms with van der Waals surface area (Å²) in [6, 6.07) is 18.6. The second-order valence-electron chi connectivity index (χ2n) is 6.30. The number of nitrogens with one attached hydrogen (secondary N) is 1. The van der Waals surface area contributed by atoms with Crippen LogP contribution >= 0.6 is 0 Å². The molecular weight excluding hydrogens is 296 g/mol. The number of aromatic amines is 1. The van der Waals surface area contributed by atoms with Crippen molar-refractivity contribution >= 4 is 16.8 Å². The number of amides is 1. The predicted molar refractivity (Wildman–Crippen MR) is 98.7 cm³/mol. The third-order valence-corrected chi connectivity index (χ3v) is 4.66. The quantitative estimate of drug-likeness (QED) is 0.711. The Balaban J connectivity index is 1.80. The van der Waals surface area contributed by atoms with Gasteiger partial charge in [-0.2, -0.15) is 0 Å². The van der Waals surface area contributed by atoms with Crippen molar-refractivity contribution in [3.63, 3.8) is 0 Å². The zero-order valence-electron chi connectivity index (χ0n) is 14.3. The van der Waals surface area contributed by atoms with E-state index >= 15 is 0 Å². The molecule has 0 bridgehead atoms. The SMILES string of the molecule is CC[C@H](C)N(Cc1ccccc1)C(=O)Cc1c[nH]c2ccccc12. The number of para-hydroxylation sites is 1. The van der Waals surface area contributed by atoms with Gasteiger partial charge >= 0.3 is 0 Å². The number of nitrogens with zero attached hydrogens (tertiary/aromatic N) is 1. The van der Waals surface area contributed by atoms with Gasteiger partial charge in [-0.05, 0) is 30.5 Å². The van der Waals surface area contributed by atoms with Gasteiger partial charge < -0.3 is 9.88 Å². The lowest BCUT2D eigenvalue weighted by molar-refractivity contribution is -0.133. The topological polar surface area (TPSA) is 36.1 Å². The average molecular weight is 320 g/mol. The van der Waals surface area contributed by atoms with Crippen LogP contribution in [0.2, 0.25) is 0 Å². The standard InChI is InChI=1S/C21H24N2O/c1-3-16(2)23(15-17-9-5-4-6-10-17)21(24)13-18-14-22-20-12-8-7-11-19(18)20/h4-12,14,16,22H,3,13,15H2,1-2H3/t16-/m0/s1. The van der Waals surface area contributed by atoms with Crippen molar-refractivity contribution in [3.05, 3.63) is 71.9 Å². The molecule has 1 amide bonds. The Bertz CT molecular complexity index is 807. The largest absolute Gasteiger partial charge is 0.361 e. The van der Waals surface area contributed by atoms with Crippen LogP contribution in [0.15, 0.2) is 60.8 Å². The number of benzene rings is 2. The van der Waals surface area contributed by atoms with Gasteiger partial charge in [0, 0.05) is 29.7 Å². The molecular formula is C21H24N2O. The lowest BCUT2D eigenvalue weighted by atomic mass is 10.1. The summed E-state index contributed by atoms with van der Waals surface area (Å²) in [5.74, 6) is 0.179. The van der Waals surface area contributed by atoms with Gasteiger partial charge in [-0.3, -0.25) is 4.79 Å². The van der Waals surface area contributed by atoms with E-state index in [1.165, 1.54) is 5.56 Å². The molecule has 0 aliphatic rings. The first-order chi connectivity index (χ1) is 11.7. The van der Waals surface area contributed by atoms with Gasteiger partial charge in [0.25, 0.3) is 0 Å². The van der Waals surface area contributed by atoms with Crippen molar-refractivity contribution in [1.29, 1.82) is 0 Å². The van der Waals surface area contributed by atoms with E-state index in [0.29, 0.717) is 13.0 Å². The Hall–Kier alpha value is -2.55. The number of fused-ring (bicyclic) bond motifs is 1. The molecule has 124 valence electrons. The van der Waals surface area contributed by atoms with Crippen LogP contribution in [0, 0.1) is 0 Å². The summed E-state index contributed by atoms with van der Waals surface area (Å²) in [6.07, 6.45) is 3.34. The van der Waals surface area contributed by atoms with Crippen molar-refractivity contribution < 1.29 is 4.79 Å². The maximum absolute atomic E-state index is 13.0. The molecule has 3 nitrogen and oxygen atoms in total. The molecule has 0 aliphatic carbocycles. The minimum Gasteiger partial charge on any atom is -0.361 e. The number of hydrogen-bond donors (Lipinski definition) is 1. The highest BCUT2D eigenvalue weighted by Crippen LogP contribution is 2.20. The number of carbonyl (C=O) groups is 1. The normalized spacial score (nSPS) is 12.2. The fraction of sp³-hybridized carbons (Fsp3) is 0.286. The molecule has 3 rings (SSSR count). The van der Waals surface area contributed by atoms with Gasteiger partial charge in [-0.1, -0.05) is 55.5 Å². The van der Waals surface area contributed by atoms with E-state index in [0.717, 1.165) is 22.9 Å². The van der Waals surface area contributed by atoms with E-state index in [2.05, 4.69) is 37.0 Å². The predicted octanol–water partition coefficient (Wildman–Crippen LogP) is 4.54. The lowest BCUT2D eigenvalue weighted by Crippen LogP contribution is -2.38. The van der Waals surface area contributed by atoms with Crippen molar-refractivity contribution in [2.75, 3.05) is 0 Å². The third kappa shape index (κ3) is 3.51. The number of carbonyl (C=O) groups excluding carboxylic acids is 1. The highest BCUT2D eigenvalue weighted by Gasteiger charge is 2.20. The van der Waals surface area contributed by atoms with Gasteiger partial charge in [0.15, 0.2) is 0 Å². The summed E-state index contributed by atoms with van der Waals surface area (Å²) in [5, 5.41) is 1.13. The Kier molecular flexibility index (Phi) is 4.99. The summed E-state index contributed by atoms with van der Waals surface area (Å²) in [7, 11) is 0. The third-order valence-electron chi connectivity index (χ3n) is 4.66. The fourth-order valence-corrected chi connectivity index (χ4v) is 3.03. The van der Waals surface area contributed by atoms with E-state index in [4.69, 9.17) is 0 Å². The molecule has 0 saturated carbocycles. The smallest absolute Gasteiger partial charge is 0.227 e. The second kappa shape index (κ2) is 7.35. The molecule has 3 heteroatoms. The van der Waals surface area contributed by atoms with Crippen LogP contribution in [-0.2, 0) is 17.8 Å². The zero-order chi connectivity index (χ0) is 16.9. The molecule has 0 saturated heterocycles. The first kappa shape index (κ1) is 16.3. The lowest BCUT2D eigenvalue weighted by Gasteiger charge is -2.29. The summed E-state index contributed by atoms with van der Waals surface area (Å²) in [6.45, 7) is 4.91. The average Bonchev–Trinajstić information content (AvgIpc) is 3.03. The Labute approximate surface area is 143 Å². The molecule has 2 aromatic carbocycles. The van der Waals surface area contributed by atoms with Crippen molar-refractivity contribution in [3.8, 4) is 0 Å². The number of hydrogen-bond acceptors (Lipinski definition) is 1. The first-order valence-electron chi connectivity index (χ1n) is 8.57. The van der Waals surface area contributed by atoms with Crippen molar-refractivity contribution in [2.45, 2.75) is 39.3 Å². The summed E-state index contributed by atoms with van der Waals surface area (Å²) >= 11 is 0. The van der Waals surface area contributed by atoms with Gasteiger partial charge in [0.1, 0.15) is 0 Å². The molecule has 3 aromatic rings. The van der Waals surface area contributed by atoms with Crippen LogP contribution in [0.3, 0.4) is 0 Å². The monoisotopic (exact) mass is 320 g/mol. The summed E-state index contributed by atoms with van der Waals surface area (Å²) < 4.78 is 0. The van der Waals surface area contributed by atoms with Gasteiger partial charge in [0.2, 0.25) is 5.91 Å². The molecule has 1 N–H and O–H groups in total. The van der Waals surface area contributed by atoms with Crippen LogP contribution in [0.4, 0.5) is 0 Å². The minimum absolute atomic E-state index is 0.179. The summed E-state index contributed by atoms with van der Waals surface area (Å²) in [4.78, 5) is 18.2. The highest BCUT2D eigenvalue weighted by molar-refractivity contribution is 5.89. The molecule has 1 heterocycles. The van der Waals surface area contributed by atoms with E-state index < -0.39 is 0 Å². The van der Waals surface area contributed by atoms with Gasteiger partial charge in [0.05, 0.1) is 6.42 Å². The minimum atomic E-state index is 0.179. The number of aromatic nitrogens is 1. The zero-order valence-corrected chi connectivity index (χ0v) is 14.3. The van der Waals surface area contributed by atoms with Crippen LogP contribution in [0.25, 0.3) is 10.9 Å². The molecule has 1 atom stereocenters. The van der Waals surface area contributed by atoms with Crippen LogP contribution in [0.1, 0.15) is 31.4 Å². The van der Waals surface area contributed by atoms with E-state index in [9.17, 15) is 4.79 Å².